The van der Waals surface area contributed by atoms with Crippen molar-refractivity contribution in [3.63, 3.8) is 0 Å². The van der Waals surface area contributed by atoms with E-state index in [-0.39, 0.29) is 11.6 Å². The number of Topliss-reactive ketones (excluding diaryl/α,β-unsaturated/α-hetero) is 1. The molecule has 0 saturated carbocycles. The lowest BCUT2D eigenvalue weighted by Crippen LogP contribution is -2.34. The zero-order chi connectivity index (χ0) is 27.8. The molecule has 0 spiro atoms. The highest BCUT2D eigenvalue weighted by Crippen LogP contribution is 2.48. The number of rotatable bonds is 12. The van der Waals surface area contributed by atoms with Crippen LogP contribution in [0.1, 0.15) is 66.4 Å². The van der Waals surface area contributed by atoms with Gasteiger partial charge in [-0.25, -0.2) is 4.39 Å². The van der Waals surface area contributed by atoms with Crippen molar-refractivity contribution >= 4 is 11.4 Å². The largest absolute Gasteiger partial charge is 0.497 e. The smallest absolute Gasteiger partial charge is 0.189 e. The summed E-state index contributed by atoms with van der Waals surface area (Å²) in [6, 6.07) is 12.4. The Balaban J connectivity index is 1.88. The first-order valence-corrected chi connectivity index (χ1v) is 14.2. The zero-order valence-corrected chi connectivity index (χ0v) is 23.8. The Bertz CT molecular complexity index is 1210. The van der Waals surface area contributed by atoms with Crippen molar-refractivity contribution in [3.8, 4) is 5.75 Å². The van der Waals surface area contributed by atoms with Gasteiger partial charge >= 0.3 is 0 Å². The number of allylic oxidation sites excluding steroid dienone is 2. The summed E-state index contributed by atoms with van der Waals surface area (Å²) in [4.78, 5) is 14.2. The molecule has 1 aliphatic heterocycles. The summed E-state index contributed by atoms with van der Waals surface area (Å²) < 4.78 is 26.5. The number of piperidine rings is 1. The molecule has 1 radical (unpaired) electrons. The second kappa shape index (κ2) is 13.9. The van der Waals surface area contributed by atoms with Gasteiger partial charge in [0.25, 0.3) is 0 Å². The SMILES string of the molecule is CNCCCCC[C]1CC(C(=O)c2cccc(OC)c2)=C(c2cccc(F)c2C)C(OC)=C1C1CCCNC1. The van der Waals surface area contributed by atoms with Gasteiger partial charge in [0, 0.05) is 29.2 Å². The molecule has 2 aromatic rings. The van der Waals surface area contributed by atoms with Crippen LogP contribution in [0.5, 0.6) is 5.75 Å². The van der Waals surface area contributed by atoms with E-state index in [9.17, 15) is 9.18 Å². The summed E-state index contributed by atoms with van der Waals surface area (Å²) in [5.74, 6) is 2.55. The highest BCUT2D eigenvalue weighted by Gasteiger charge is 2.38. The van der Waals surface area contributed by atoms with Crippen LogP contribution >= 0.6 is 0 Å². The van der Waals surface area contributed by atoms with Crippen molar-refractivity contribution in [1.29, 1.82) is 0 Å². The normalized spacial score (nSPS) is 18.4. The Kier molecular flexibility index (Phi) is 10.4. The summed E-state index contributed by atoms with van der Waals surface area (Å²) in [7, 11) is 5.26. The van der Waals surface area contributed by atoms with Gasteiger partial charge in [-0.15, -0.1) is 0 Å². The monoisotopic (exact) mass is 533 g/mol. The third kappa shape index (κ3) is 6.62. The fraction of sp³-hybridized carbons (Fsp3) is 0.455. The van der Waals surface area contributed by atoms with Crippen molar-refractivity contribution in [2.45, 2.75) is 51.9 Å². The van der Waals surface area contributed by atoms with Crippen molar-refractivity contribution in [2.75, 3.05) is 40.9 Å². The van der Waals surface area contributed by atoms with E-state index in [2.05, 4.69) is 10.6 Å². The maximum absolute atomic E-state index is 14.9. The number of carbonyl (C=O) groups is 1. The van der Waals surface area contributed by atoms with Gasteiger partial charge in [0.2, 0.25) is 0 Å². The molecule has 0 bridgehead atoms. The van der Waals surface area contributed by atoms with Crippen molar-refractivity contribution in [1.82, 2.24) is 10.6 Å². The third-order valence-corrected chi connectivity index (χ3v) is 8.00. The number of benzene rings is 2. The maximum atomic E-state index is 14.9. The minimum absolute atomic E-state index is 0.0735. The van der Waals surface area contributed by atoms with Crippen LogP contribution in [0.15, 0.2) is 59.4 Å². The number of methoxy groups -OCH3 is 2. The van der Waals surface area contributed by atoms with Gasteiger partial charge in [0.05, 0.1) is 14.2 Å². The average molecular weight is 534 g/mol. The molecule has 4 rings (SSSR count). The van der Waals surface area contributed by atoms with Gasteiger partial charge in [-0.2, -0.15) is 0 Å². The minimum atomic E-state index is -0.288. The van der Waals surface area contributed by atoms with Crippen molar-refractivity contribution < 1.29 is 18.7 Å². The highest BCUT2D eigenvalue weighted by atomic mass is 19.1. The van der Waals surface area contributed by atoms with Gasteiger partial charge in [-0.05, 0) is 100.0 Å². The number of hydrogen-bond donors (Lipinski definition) is 2. The molecule has 209 valence electrons. The average Bonchev–Trinajstić information content (AvgIpc) is 2.98. The lowest BCUT2D eigenvalue weighted by Gasteiger charge is -2.37. The number of ether oxygens (including phenoxy) is 2. The molecule has 2 aromatic carbocycles. The summed E-state index contributed by atoms with van der Waals surface area (Å²) in [5, 5.41) is 6.79. The summed E-state index contributed by atoms with van der Waals surface area (Å²) in [6.45, 7) is 4.66. The third-order valence-electron chi connectivity index (χ3n) is 8.00. The number of ketones is 1. The Morgan fingerprint density at radius 1 is 1.10 bits per heavy atom. The standard InChI is InChI=1S/C33H42FN2O3/c1-22-27(15-9-16-29(22)34)31-28(32(37)24-12-8-14-26(19-24)38-3)20-23(11-6-5-7-17-35-2)30(33(31)39-4)25-13-10-18-36-21-25/h8-9,12,14-16,19,25,35-36H,5-7,10-11,13,17-18,20-21H2,1-4H3. The number of halogens is 1. The topological polar surface area (TPSA) is 59.6 Å². The number of unbranched alkanes of at least 4 members (excludes halogenated alkanes) is 2. The van der Waals surface area contributed by atoms with Crippen LogP contribution in [0.4, 0.5) is 4.39 Å². The molecule has 0 amide bonds. The first-order chi connectivity index (χ1) is 19.0. The van der Waals surface area contributed by atoms with Crippen LogP contribution in [0.2, 0.25) is 0 Å². The minimum Gasteiger partial charge on any atom is -0.497 e. The molecule has 6 heteroatoms. The van der Waals surface area contributed by atoms with Crippen LogP contribution in [0.3, 0.4) is 0 Å². The second-order valence-corrected chi connectivity index (χ2v) is 10.5. The van der Waals surface area contributed by atoms with E-state index >= 15 is 0 Å². The fourth-order valence-electron chi connectivity index (χ4n) is 5.95. The first kappa shape index (κ1) is 29.0. The van der Waals surface area contributed by atoms with Crippen LogP contribution in [-0.4, -0.2) is 46.7 Å². The van der Waals surface area contributed by atoms with E-state index in [1.54, 1.807) is 33.3 Å². The van der Waals surface area contributed by atoms with Crippen LogP contribution in [-0.2, 0) is 4.74 Å². The lowest BCUT2D eigenvalue weighted by atomic mass is 9.70. The number of nitrogens with one attached hydrogen (secondary N) is 2. The molecule has 1 heterocycles. The van der Waals surface area contributed by atoms with E-state index in [4.69, 9.17) is 9.47 Å². The molecule has 5 nitrogen and oxygen atoms in total. The van der Waals surface area contributed by atoms with Gasteiger partial charge in [-0.3, -0.25) is 4.79 Å². The Morgan fingerprint density at radius 2 is 1.92 bits per heavy atom. The molecule has 39 heavy (non-hydrogen) atoms. The number of carbonyl (C=O) groups excluding carboxylic acids is 1. The zero-order valence-electron chi connectivity index (χ0n) is 23.8. The summed E-state index contributed by atoms with van der Waals surface area (Å²) >= 11 is 0. The molecular formula is C33H42FN2O3. The van der Waals surface area contributed by atoms with Crippen LogP contribution in [0.25, 0.3) is 5.57 Å². The molecule has 1 fully saturated rings. The molecule has 1 atom stereocenters. The lowest BCUT2D eigenvalue weighted by molar-refractivity contribution is 0.103. The molecular weight excluding hydrogens is 491 g/mol. The van der Waals surface area contributed by atoms with Gasteiger partial charge in [-0.1, -0.05) is 37.1 Å². The van der Waals surface area contributed by atoms with Crippen LogP contribution in [0, 0.1) is 24.6 Å². The fourth-order valence-corrected chi connectivity index (χ4v) is 5.95. The van der Waals surface area contributed by atoms with E-state index in [1.807, 2.05) is 31.3 Å². The first-order valence-electron chi connectivity index (χ1n) is 14.2. The Labute approximate surface area is 232 Å². The van der Waals surface area contributed by atoms with E-state index in [0.717, 1.165) is 69.5 Å². The van der Waals surface area contributed by atoms with Gasteiger partial charge in [0.15, 0.2) is 5.78 Å². The van der Waals surface area contributed by atoms with Crippen LogP contribution < -0.4 is 15.4 Å². The molecule has 0 aromatic heterocycles. The second-order valence-electron chi connectivity index (χ2n) is 10.5. The molecule has 2 N–H and O–H groups in total. The van der Waals surface area contributed by atoms with Crippen molar-refractivity contribution in [3.05, 3.63) is 87.8 Å². The van der Waals surface area contributed by atoms with Crippen molar-refractivity contribution in [2.24, 2.45) is 5.92 Å². The Hall–Kier alpha value is -2.96. The quantitative estimate of drug-likeness (QED) is 0.243. The predicted octanol–water partition coefficient (Wildman–Crippen LogP) is 6.44. The molecule has 1 unspecified atom stereocenters. The van der Waals surface area contributed by atoms with Gasteiger partial charge in [0.1, 0.15) is 17.3 Å². The molecule has 2 aliphatic rings. The summed E-state index contributed by atoms with van der Waals surface area (Å²) in [5.41, 5.74) is 4.39. The van der Waals surface area contributed by atoms with E-state index < -0.39 is 0 Å². The molecule has 1 saturated heterocycles. The predicted molar refractivity (Wildman–Crippen MR) is 155 cm³/mol. The highest BCUT2D eigenvalue weighted by molar-refractivity contribution is 6.16. The molecule has 1 aliphatic carbocycles. The number of hydrogen-bond acceptors (Lipinski definition) is 5. The van der Waals surface area contributed by atoms with E-state index in [1.165, 1.54) is 17.6 Å². The Morgan fingerprint density at radius 3 is 2.64 bits per heavy atom. The van der Waals surface area contributed by atoms with E-state index in [0.29, 0.717) is 40.4 Å². The summed E-state index contributed by atoms with van der Waals surface area (Å²) in [6.07, 6.45) is 6.87. The maximum Gasteiger partial charge on any atom is 0.189 e. The van der Waals surface area contributed by atoms with Gasteiger partial charge < -0.3 is 20.1 Å².